The zero-order valence-electron chi connectivity index (χ0n) is 11.3. The Balaban J connectivity index is 1.55. The van der Waals surface area contributed by atoms with Crippen LogP contribution in [0.15, 0.2) is 12.4 Å². The summed E-state index contributed by atoms with van der Waals surface area (Å²) >= 11 is 0. The van der Waals surface area contributed by atoms with Gasteiger partial charge in [-0.2, -0.15) is 0 Å². The van der Waals surface area contributed by atoms with Crippen LogP contribution in [-0.4, -0.2) is 39.6 Å². The number of hydrogen-bond donors (Lipinski definition) is 1. The van der Waals surface area contributed by atoms with Gasteiger partial charge in [0.15, 0.2) is 0 Å². The van der Waals surface area contributed by atoms with Gasteiger partial charge in [-0.15, -0.1) is 0 Å². The second-order valence-electron chi connectivity index (χ2n) is 5.63. The van der Waals surface area contributed by atoms with Crippen LogP contribution >= 0.6 is 0 Å². The second-order valence-corrected chi connectivity index (χ2v) is 5.63. The molecule has 0 bridgehead atoms. The smallest absolute Gasteiger partial charge is 0.122 e. The lowest BCUT2D eigenvalue weighted by Gasteiger charge is -2.32. The van der Waals surface area contributed by atoms with E-state index in [9.17, 15) is 0 Å². The summed E-state index contributed by atoms with van der Waals surface area (Å²) in [5.41, 5.74) is 0. The molecule has 0 radical (unpaired) electrons. The van der Waals surface area contributed by atoms with Crippen LogP contribution in [0.4, 0.5) is 0 Å². The van der Waals surface area contributed by atoms with E-state index in [0.29, 0.717) is 0 Å². The highest BCUT2D eigenvalue weighted by Crippen LogP contribution is 2.26. The predicted octanol–water partition coefficient (Wildman–Crippen LogP) is 1.62. The van der Waals surface area contributed by atoms with E-state index in [-0.39, 0.29) is 0 Å². The Labute approximate surface area is 109 Å². The summed E-state index contributed by atoms with van der Waals surface area (Å²) in [5.74, 6) is 1.24. The van der Waals surface area contributed by atoms with Crippen molar-refractivity contribution in [2.75, 3.05) is 13.1 Å². The first-order valence-electron chi connectivity index (χ1n) is 7.34. The zero-order chi connectivity index (χ0) is 12.4. The van der Waals surface area contributed by atoms with Crippen molar-refractivity contribution in [1.29, 1.82) is 0 Å². The summed E-state index contributed by atoms with van der Waals surface area (Å²) in [6, 6.07) is 1.52. The lowest BCUT2D eigenvalue weighted by atomic mass is 10.2. The Morgan fingerprint density at radius 3 is 3.22 bits per heavy atom. The summed E-state index contributed by atoms with van der Waals surface area (Å²) in [5, 5.41) is 3.67. The highest BCUT2D eigenvalue weighted by molar-refractivity contribution is 4.98. The average Bonchev–Trinajstić information content (AvgIpc) is 3.04. The van der Waals surface area contributed by atoms with Gasteiger partial charge in [-0.05, 0) is 32.2 Å². The summed E-state index contributed by atoms with van der Waals surface area (Å²) < 4.78 is 2.29. The Kier molecular flexibility index (Phi) is 3.66. The van der Waals surface area contributed by atoms with Crippen LogP contribution in [0.25, 0.3) is 0 Å². The maximum absolute atomic E-state index is 4.45. The van der Waals surface area contributed by atoms with Crippen LogP contribution in [0.2, 0.25) is 0 Å². The summed E-state index contributed by atoms with van der Waals surface area (Å²) in [6.45, 7) is 6.75. The van der Waals surface area contributed by atoms with Gasteiger partial charge in [-0.3, -0.25) is 4.90 Å². The average molecular weight is 248 g/mol. The molecule has 100 valence electrons. The number of rotatable bonds is 4. The molecule has 2 heterocycles. The molecule has 2 atom stereocenters. The van der Waals surface area contributed by atoms with Crippen LogP contribution in [0.1, 0.15) is 38.4 Å². The maximum Gasteiger partial charge on any atom is 0.122 e. The fourth-order valence-electron chi connectivity index (χ4n) is 3.33. The van der Waals surface area contributed by atoms with Crippen molar-refractivity contribution in [3.63, 3.8) is 0 Å². The summed E-state index contributed by atoms with van der Waals surface area (Å²) in [6.07, 6.45) is 9.28. The topological polar surface area (TPSA) is 33.1 Å². The van der Waals surface area contributed by atoms with Crippen LogP contribution < -0.4 is 5.32 Å². The van der Waals surface area contributed by atoms with Crippen molar-refractivity contribution in [1.82, 2.24) is 19.8 Å². The van der Waals surface area contributed by atoms with Gasteiger partial charge in [0.25, 0.3) is 0 Å². The highest BCUT2D eigenvalue weighted by atomic mass is 15.3. The van der Waals surface area contributed by atoms with Crippen molar-refractivity contribution >= 4 is 0 Å². The molecular formula is C14H24N4. The minimum Gasteiger partial charge on any atom is -0.333 e. The number of nitrogens with zero attached hydrogens (tertiary/aromatic N) is 3. The Bertz CT molecular complexity index is 387. The number of aromatic nitrogens is 2. The van der Waals surface area contributed by atoms with Crippen LogP contribution in [0.3, 0.4) is 0 Å². The molecule has 1 saturated carbocycles. The molecule has 0 amide bonds. The van der Waals surface area contributed by atoms with Gasteiger partial charge in [0, 0.05) is 37.6 Å². The van der Waals surface area contributed by atoms with E-state index in [2.05, 4.69) is 32.9 Å². The van der Waals surface area contributed by atoms with Gasteiger partial charge < -0.3 is 9.88 Å². The number of fused-ring (bicyclic) bond motifs is 1. The Morgan fingerprint density at radius 2 is 2.33 bits per heavy atom. The molecule has 4 heteroatoms. The molecule has 0 aromatic carbocycles. The van der Waals surface area contributed by atoms with Gasteiger partial charge in [0.05, 0.1) is 6.54 Å². The quantitative estimate of drug-likeness (QED) is 0.879. The first-order chi connectivity index (χ1) is 8.86. The molecule has 1 N–H and O–H groups in total. The third kappa shape index (κ3) is 2.45. The minimum atomic E-state index is 0.747. The summed E-state index contributed by atoms with van der Waals surface area (Å²) in [4.78, 5) is 7.09. The van der Waals surface area contributed by atoms with Crippen molar-refractivity contribution in [2.24, 2.45) is 0 Å². The third-order valence-corrected chi connectivity index (χ3v) is 4.38. The van der Waals surface area contributed by atoms with E-state index in [1.165, 1.54) is 44.6 Å². The highest BCUT2D eigenvalue weighted by Gasteiger charge is 2.30. The lowest BCUT2D eigenvalue weighted by Crippen LogP contribution is -2.41. The van der Waals surface area contributed by atoms with Gasteiger partial charge in [-0.1, -0.05) is 6.92 Å². The number of nitrogens with one attached hydrogen (secondary N) is 1. The molecule has 1 fully saturated rings. The van der Waals surface area contributed by atoms with Gasteiger partial charge in [0.2, 0.25) is 0 Å². The Morgan fingerprint density at radius 1 is 1.39 bits per heavy atom. The third-order valence-electron chi connectivity index (χ3n) is 4.38. The molecule has 18 heavy (non-hydrogen) atoms. The molecule has 4 nitrogen and oxygen atoms in total. The monoisotopic (exact) mass is 248 g/mol. The van der Waals surface area contributed by atoms with Gasteiger partial charge in [-0.25, -0.2) is 4.98 Å². The standard InChI is InChI=1S/C14H24N4/c1-2-5-15-12-3-4-13(10-12)18-9-8-17-7-6-16-14(17)11-18/h6-7,12-13,15H,2-5,8-11H2,1H3. The maximum atomic E-state index is 4.45. The van der Waals surface area contributed by atoms with E-state index >= 15 is 0 Å². The molecule has 3 rings (SSSR count). The van der Waals surface area contributed by atoms with Crippen molar-refractivity contribution in [3.8, 4) is 0 Å². The fraction of sp³-hybridized carbons (Fsp3) is 0.786. The SMILES string of the molecule is CCCNC1CCC(N2CCn3ccnc3C2)C1. The molecule has 1 aromatic heterocycles. The van der Waals surface area contributed by atoms with E-state index in [4.69, 9.17) is 0 Å². The van der Waals surface area contributed by atoms with Gasteiger partial charge in [0.1, 0.15) is 5.82 Å². The van der Waals surface area contributed by atoms with Crippen molar-refractivity contribution in [2.45, 2.75) is 57.8 Å². The minimum absolute atomic E-state index is 0.747. The molecule has 1 aliphatic carbocycles. The van der Waals surface area contributed by atoms with Gasteiger partial charge >= 0.3 is 0 Å². The molecular weight excluding hydrogens is 224 g/mol. The predicted molar refractivity (Wildman–Crippen MR) is 72.4 cm³/mol. The summed E-state index contributed by atoms with van der Waals surface area (Å²) in [7, 11) is 0. The molecule has 2 unspecified atom stereocenters. The van der Waals surface area contributed by atoms with Crippen molar-refractivity contribution in [3.05, 3.63) is 18.2 Å². The molecule has 0 saturated heterocycles. The van der Waals surface area contributed by atoms with Crippen LogP contribution in [0, 0.1) is 0 Å². The Hall–Kier alpha value is -0.870. The second kappa shape index (κ2) is 5.41. The lowest BCUT2D eigenvalue weighted by molar-refractivity contribution is 0.152. The van der Waals surface area contributed by atoms with Crippen molar-refractivity contribution < 1.29 is 0 Å². The molecule has 1 aromatic rings. The zero-order valence-corrected chi connectivity index (χ0v) is 11.3. The molecule has 2 aliphatic rings. The van der Waals surface area contributed by atoms with Crippen LogP contribution in [-0.2, 0) is 13.1 Å². The van der Waals surface area contributed by atoms with E-state index in [1.807, 2.05) is 6.20 Å². The first-order valence-corrected chi connectivity index (χ1v) is 7.34. The largest absolute Gasteiger partial charge is 0.333 e. The number of imidazole rings is 1. The normalized spacial score (nSPS) is 28.5. The fourth-order valence-corrected chi connectivity index (χ4v) is 3.33. The van der Waals surface area contributed by atoms with E-state index in [1.54, 1.807) is 0 Å². The first kappa shape index (κ1) is 12.2. The van der Waals surface area contributed by atoms with E-state index < -0.39 is 0 Å². The molecule has 1 aliphatic heterocycles. The number of hydrogen-bond acceptors (Lipinski definition) is 3. The van der Waals surface area contributed by atoms with Crippen LogP contribution in [0.5, 0.6) is 0 Å². The van der Waals surface area contributed by atoms with E-state index in [0.717, 1.165) is 25.2 Å². The molecule has 0 spiro atoms.